The molecule has 1 N–H and O–H groups in total. The van der Waals surface area contributed by atoms with Crippen LogP contribution in [0, 0.1) is 0 Å². The van der Waals surface area contributed by atoms with Crippen LogP contribution >= 0.6 is 15.9 Å². The molecule has 3 nitrogen and oxygen atoms in total. The number of alkyl carbamates (subject to hydrolysis) is 1. The van der Waals surface area contributed by atoms with Gasteiger partial charge in [-0.1, -0.05) is 22.0 Å². The van der Waals surface area contributed by atoms with Gasteiger partial charge in [0.2, 0.25) is 0 Å². The van der Waals surface area contributed by atoms with Gasteiger partial charge < -0.3 is 10.1 Å². The topological polar surface area (TPSA) is 38.3 Å². The lowest BCUT2D eigenvalue weighted by Gasteiger charge is -2.21. The lowest BCUT2D eigenvalue weighted by Crippen LogP contribution is -2.34. The number of nitrogens with one attached hydrogen (secondary N) is 1. The van der Waals surface area contributed by atoms with E-state index in [9.17, 15) is 4.79 Å². The zero-order valence-corrected chi connectivity index (χ0v) is 13.2. The van der Waals surface area contributed by atoms with E-state index in [1.807, 2.05) is 20.8 Å². The Morgan fingerprint density at radius 3 is 2.89 bits per heavy atom. The quantitative estimate of drug-likeness (QED) is 0.892. The minimum atomic E-state index is -0.442. The first-order valence-electron chi connectivity index (χ1n) is 6.60. The zero-order chi connectivity index (χ0) is 14.0. The van der Waals surface area contributed by atoms with Gasteiger partial charge in [0, 0.05) is 16.9 Å². The van der Waals surface area contributed by atoms with E-state index in [-0.39, 0.29) is 6.09 Å². The van der Waals surface area contributed by atoms with Gasteiger partial charge in [-0.25, -0.2) is 4.79 Å². The Morgan fingerprint density at radius 1 is 1.47 bits per heavy atom. The first kappa shape index (κ1) is 14.4. The minimum Gasteiger partial charge on any atom is -0.444 e. The molecule has 4 heteroatoms. The Kier molecular flexibility index (Phi) is 4.19. The summed E-state index contributed by atoms with van der Waals surface area (Å²) in [7, 11) is 0. The van der Waals surface area contributed by atoms with E-state index < -0.39 is 5.60 Å². The number of ether oxygens (including phenoxy) is 1. The monoisotopic (exact) mass is 325 g/mol. The first-order valence-corrected chi connectivity index (χ1v) is 7.39. The maximum absolute atomic E-state index is 11.6. The molecule has 1 aliphatic rings. The lowest BCUT2D eigenvalue weighted by molar-refractivity contribution is 0.0524. The fourth-order valence-electron chi connectivity index (χ4n) is 2.41. The van der Waals surface area contributed by atoms with Crippen molar-refractivity contribution in [1.82, 2.24) is 5.32 Å². The second-order valence-electron chi connectivity index (χ2n) is 5.96. The molecule has 0 saturated heterocycles. The second kappa shape index (κ2) is 5.53. The summed E-state index contributed by atoms with van der Waals surface area (Å²) in [5.41, 5.74) is 2.28. The summed E-state index contributed by atoms with van der Waals surface area (Å²) < 4.78 is 6.36. The van der Waals surface area contributed by atoms with E-state index in [0.29, 0.717) is 12.5 Å². The summed E-state index contributed by atoms with van der Waals surface area (Å²) in [6.07, 6.45) is 1.83. The molecule has 19 heavy (non-hydrogen) atoms. The Morgan fingerprint density at radius 2 is 2.21 bits per heavy atom. The summed E-state index contributed by atoms with van der Waals surface area (Å²) in [5, 5.41) is 2.86. The fraction of sp³-hybridized carbons (Fsp3) is 0.533. The molecule has 1 atom stereocenters. The molecule has 104 valence electrons. The van der Waals surface area contributed by atoms with Gasteiger partial charge in [-0.2, -0.15) is 0 Å². The molecule has 0 heterocycles. The summed E-state index contributed by atoms with van der Waals surface area (Å²) in [6, 6.07) is 6.38. The van der Waals surface area contributed by atoms with Gasteiger partial charge in [0.05, 0.1) is 0 Å². The second-order valence-corrected chi connectivity index (χ2v) is 6.88. The third-order valence-corrected chi connectivity index (χ3v) is 3.69. The van der Waals surface area contributed by atoms with E-state index >= 15 is 0 Å². The normalized spacial score (nSPS) is 18.0. The minimum absolute atomic E-state index is 0.335. The first-order chi connectivity index (χ1) is 8.85. The van der Waals surface area contributed by atoms with E-state index in [4.69, 9.17) is 4.74 Å². The highest BCUT2D eigenvalue weighted by atomic mass is 79.9. The van der Waals surface area contributed by atoms with Crippen LogP contribution in [0.3, 0.4) is 0 Å². The van der Waals surface area contributed by atoms with E-state index in [1.54, 1.807) is 0 Å². The number of fused-ring (bicyclic) bond motifs is 1. The number of aryl methyl sites for hydroxylation is 1. The van der Waals surface area contributed by atoms with Crippen molar-refractivity contribution in [3.63, 3.8) is 0 Å². The molecular formula is C15H20BrNO2. The lowest BCUT2D eigenvalue weighted by atomic mass is 10.0. The number of halogens is 1. The molecule has 0 bridgehead atoms. The Bertz CT molecular complexity index is 480. The number of hydrogen-bond acceptors (Lipinski definition) is 2. The summed E-state index contributed by atoms with van der Waals surface area (Å²) in [6.45, 7) is 6.25. The molecular weight excluding hydrogens is 306 g/mol. The molecule has 0 saturated carbocycles. The van der Waals surface area contributed by atoms with E-state index in [1.165, 1.54) is 11.1 Å². The summed E-state index contributed by atoms with van der Waals surface area (Å²) in [4.78, 5) is 11.6. The summed E-state index contributed by atoms with van der Waals surface area (Å²) >= 11 is 3.49. The number of amides is 1. The van der Waals surface area contributed by atoms with Gasteiger partial charge in [-0.15, -0.1) is 0 Å². The van der Waals surface area contributed by atoms with Gasteiger partial charge in [-0.3, -0.25) is 0 Å². The van der Waals surface area contributed by atoms with Crippen molar-refractivity contribution in [2.75, 3.05) is 6.54 Å². The van der Waals surface area contributed by atoms with Crippen molar-refractivity contribution in [2.45, 2.75) is 45.1 Å². The maximum Gasteiger partial charge on any atom is 0.407 e. The number of benzene rings is 1. The molecule has 0 spiro atoms. The smallest absolute Gasteiger partial charge is 0.407 e. The number of rotatable bonds is 2. The molecule has 1 unspecified atom stereocenters. The third kappa shape index (κ3) is 3.96. The SMILES string of the molecule is CC(C)(C)OC(=O)NCC1CCc2cc(Br)ccc21. The van der Waals surface area contributed by atoms with Crippen molar-refractivity contribution in [2.24, 2.45) is 0 Å². The molecule has 1 amide bonds. The standard InChI is InChI=1S/C15H20BrNO2/c1-15(2,3)19-14(18)17-9-11-5-4-10-8-12(16)6-7-13(10)11/h6-8,11H,4-5,9H2,1-3H3,(H,17,18). The molecule has 1 aromatic rings. The van der Waals surface area contributed by atoms with Gasteiger partial charge in [0.15, 0.2) is 0 Å². The van der Waals surface area contributed by atoms with Gasteiger partial charge in [-0.05, 0) is 56.9 Å². The molecule has 0 aliphatic heterocycles. The highest BCUT2D eigenvalue weighted by molar-refractivity contribution is 9.10. The van der Waals surface area contributed by atoms with Crippen molar-refractivity contribution >= 4 is 22.0 Å². The van der Waals surface area contributed by atoms with Crippen LogP contribution in [-0.4, -0.2) is 18.2 Å². The average molecular weight is 326 g/mol. The number of carbonyl (C=O) groups is 1. The van der Waals surface area contributed by atoms with E-state index in [0.717, 1.165) is 17.3 Å². The zero-order valence-electron chi connectivity index (χ0n) is 11.6. The van der Waals surface area contributed by atoms with Crippen molar-refractivity contribution < 1.29 is 9.53 Å². The number of hydrogen-bond donors (Lipinski definition) is 1. The van der Waals surface area contributed by atoms with Gasteiger partial charge in [0.25, 0.3) is 0 Å². The molecule has 0 fully saturated rings. The average Bonchev–Trinajstić information content (AvgIpc) is 2.66. The van der Waals surface area contributed by atoms with Crippen LogP contribution < -0.4 is 5.32 Å². The van der Waals surface area contributed by atoms with Crippen molar-refractivity contribution in [3.05, 3.63) is 33.8 Å². The van der Waals surface area contributed by atoms with Crippen LogP contribution in [0.2, 0.25) is 0 Å². The van der Waals surface area contributed by atoms with Crippen molar-refractivity contribution in [1.29, 1.82) is 0 Å². The predicted molar refractivity (Wildman–Crippen MR) is 79.4 cm³/mol. The molecule has 0 radical (unpaired) electrons. The Labute approximate surface area is 122 Å². The van der Waals surface area contributed by atoms with Crippen LogP contribution in [0.4, 0.5) is 4.79 Å². The van der Waals surface area contributed by atoms with Crippen molar-refractivity contribution in [3.8, 4) is 0 Å². The predicted octanol–water partition coefficient (Wildman–Crippen LogP) is 4.00. The highest BCUT2D eigenvalue weighted by Crippen LogP contribution is 2.34. The Hall–Kier alpha value is -1.03. The summed E-state index contributed by atoms with van der Waals surface area (Å²) in [5.74, 6) is 0.399. The third-order valence-electron chi connectivity index (χ3n) is 3.20. The van der Waals surface area contributed by atoms with Gasteiger partial charge >= 0.3 is 6.09 Å². The van der Waals surface area contributed by atoms with Crippen LogP contribution in [0.25, 0.3) is 0 Å². The van der Waals surface area contributed by atoms with Gasteiger partial charge in [0.1, 0.15) is 5.60 Å². The molecule has 1 aromatic carbocycles. The maximum atomic E-state index is 11.6. The highest BCUT2D eigenvalue weighted by Gasteiger charge is 2.24. The van der Waals surface area contributed by atoms with Crippen LogP contribution in [-0.2, 0) is 11.2 Å². The molecule has 0 aromatic heterocycles. The van der Waals surface area contributed by atoms with E-state index in [2.05, 4.69) is 39.4 Å². The van der Waals surface area contributed by atoms with Crippen LogP contribution in [0.5, 0.6) is 0 Å². The Balaban J connectivity index is 1.91. The molecule has 2 rings (SSSR count). The van der Waals surface area contributed by atoms with Crippen LogP contribution in [0.1, 0.15) is 44.2 Å². The largest absolute Gasteiger partial charge is 0.444 e. The molecule has 1 aliphatic carbocycles. The fourth-order valence-corrected chi connectivity index (χ4v) is 2.82. The van der Waals surface area contributed by atoms with Crippen LogP contribution in [0.15, 0.2) is 22.7 Å². The number of carbonyl (C=O) groups excluding carboxylic acids is 1.